The number of hydrogen-bond acceptors (Lipinski definition) is 4. The molecule has 1 amide bonds. The van der Waals surface area contributed by atoms with Crippen molar-refractivity contribution in [2.45, 2.75) is 31.3 Å². The van der Waals surface area contributed by atoms with Gasteiger partial charge in [-0.05, 0) is 12.8 Å². The van der Waals surface area contributed by atoms with E-state index in [4.69, 9.17) is 10.8 Å². The molecule has 98 valence electrons. The van der Waals surface area contributed by atoms with Crippen LogP contribution >= 0.6 is 0 Å². The van der Waals surface area contributed by atoms with Gasteiger partial charge in [0.15, 0.2) is 0 Å². The van der Waals surface area contributed by atoms with Gasteiger partial charge in [-0.3, -0.25) is 4.79 Å². The Labute approximate surface area is 104 Å². The molecule has 7 heteroatoms. The Hall–Kier alpha value is -1.89. The molecular formula is C11H16N4O3. The van der Waals surface area contributed by atoms with E-state index in [-0.39, 0.29) is 5.91 Å². The van der Waals surface area contributed by atoms with Crippen molar-refractivity contribution in [1.29, 1.82) is 0 Å². The van der Waals surface area contributed by atoms with Crippen LogP contribution in [0.3, 0.4) is 0 Å². The number of aromatic nitrogens is 2. The van der Waals surface area contributed by atoms with E-state index in [9.17, 15) is 9.59 Å². The minimum Gasteiger partial charge on any atom is -0.480 e. The zero-order chi connectivity index (χ0) is 13.1. The molecule has 0 bridgehead atoms. The minimum atomic E-state index is -0.965. The van der Waals surface area contributed by atoms with Crippen LogP contribution in [0.2, 0.25) is 0 Å². The maximum Gasteiger partial charge on any atom is 0.326 e. The van der Waals surface area contributed by atoms with E-state index in [2.05, 4.69) is 9.97 Å². The van der Waals surface area contributed by atoms with Gasteiger partial charge in [-0.2, -0.15) is 0 Å². The molecule has 1 saturated heterocycles. The molecule has 1 aromatic heterocycles. The number of carboxylic acid groups (broad SMARTS) is 1. The Morgan fingerprint density at radius 2 is 2.44 bits per heavy atom. The lowest BCUT2D eigenvalue weighted by Crippen LogP contribution is -2.49. The molecule has 2 rings (SSSR count). The van der Waals surface area contributed by atoms with E-state index in [0.717, 1.165) is 0 Å². The van der Waals surface area contributed by atoms with Crippen molar-refractivity contribution in [2.75, 3.05) is 6.54 Å². The number of H-pyrrole nitrogens is 1. The van der Waals surface area contributed by atoms with E-state index >= 15 is 0 Å². The van der Waals surface area contributed by atoms with E-state index < -0.39 is 18.1 Å². The smallest absolute Gasteiger partial charge is 0.326 e. The molecule has 0 spiro atoms. The first-order valence-electron chi connectivity index (χ1n) is 5.86. The standard InChI is InChI=1S/C11H16N4O3/c12-8(4-7-5-13-6-14-7)10(16)15-3-1-2-9(15)11(17)18/h5-6,8-9H,1-4,12H2,(H,13,14)(H,17,18). The Morgan fingerprint density at radius 3 is 3.06 bits per heavy atom. The Balaban J connectivity index is 1.99. The fourth-order valence-corrected chi connectivity index (χ4v) is 2.22. The lowest BCUT2D eigenvalue weighted by molar-refractivity contribution is -0.148. The third-order valence-electron chi connectivity index (χ3n) is 3.12. The van der Waals surface area contributed by atoms with Crippen LogP contribution in [0.5, 0.6) is 0 Å². The molecule has 1 fully saturated rings. The number of nitrogens with two attached hydrogens (primary N) is 1. The molecule has 1 aromatic rings. The number of carbonyl (C=O) groups excluding carboxylic acids is 1. The van der Waals surface area contributed by atoms with Crippen LogP contribution in [0.4, 0.5) is 0 Å². The summed E-state index contributed by atoms with van der Waals surface area (Å²) in [6, 6.07) is -1.48. The van der Waals surface area contributed by atoms with Crippen molar-refractivity contribution < 1.29 is 14.7 Å². The summed E-state index contributed by atoms with van der Waals surface area (Å²) in [5.41, 5.74) is 6.51. The first-order chi connectivity index (χ1) is 8.59. The normalized spacial score (nSPS) is 20.9. The molecule has 4 N–H and O–H groups in total. The minimum absolute atomic E-state index is 0.311. The molecular weight excluding hydrogens is 236 g/mol. The van der Waals surface area contributed by atoms with Gasteiger partial charge in [0.05, 0.1) is 18.1 Å². The highest BCUT2D eigenvalue weighted by atomic mass is 16.4. The van der Waals surface area contributed by atoms with E-state index in [1.807, 2.05) is 0 Å². The molecule has 2 atom stereocenters. The summed E-state index contributed by atoms with van der Waals surface area (Å²) >= 11 is 0. The fraction of sp³-hybridized carbons (Fsp3) is 0.545. The topological polar surface area (TPSA) is 112 Å². The molecule has 1 aliphatic heterocycles. The van der Waals surface area contributed by atoms with Crippen LogP contribution < -0.4 is 5.73 Å². The lowest BCUT2D eigenvalue weighted by Gasteiger charge is -2.24. The Kier molecular flexibility index (Phi) is 3.61. The summed E-state index contributed by atoms with van der Waals surface area (Å²) in [4.78, 5) is 31.2. The number of aliphatic carboxylic acids is 1. The largest absolute Gasteiger partial charge is 0.480 e. The number of imidazole rings is 1. The van der Waals surface area contributed by atoms with Gasteiger partial charge in [0, 0.05) is 19.2 Å². The van der Waals surface area contributed by atoms with Crippen molar-refractivity contribution in [2.24, 2.45) is 5.73 Å². The number of carboxylic acids is 1. The SMILES string of the molecule is NC(Cc1c[nH]cn1)C(=O)N1CCCC1C(=O)O. The summed E-state index contributed by atoms with van der Waals surface area (Å²) in [5.74, 6) is -1.28. The quantitative estimate of drug-likeness (QED) is 0.659. The molecule has 0 aromatic carbocycles. The second-order valence-corrected chi connectivity index (χ2v) is 4.40. The van der Waals surface area contributed by atoms with Crippen molar-refractivity contribution in [3.8, 4) is 0 Å². The number of nitrogens with one attached hydrogen (secondary N) is 1. The average Bonchev–Trinajstić information content (AvgIpc) is 2.97. The number of aromatic amines is 1. The molecule has 0 radical (unpaired) electrons. The molecule has 2 unspecified atom stereocenters. The first-order valence-corrected chi connectivity index (χ1v) is 5.86. The number of rotatable bonds is 4. The van der Waals surface area contributed by atoms with Gasteiger partial charge in [-0.25, -0.2) is 9.78 Å². The van der Waals surface area contributed by atoms with E-state index in [1.54, 1.807) is 6.20 Å². The molecule has 0 aliphatic carbocycles. The molecule has 0 saturated carbocycles. The van der Waals surface area contributed by atoms with Crippen LogP contribution in [-0.2, 0) is 16.0 Å². The summed E-state index contributed by atoms with van der Waals surface area (Å²) in [6.07, 6.45) is 4.70. The van der Waals surface area contributed by atoms with E-state index in [0.29, 0.717) is 31.5 Å². The first kappa shape index (κ1) is 12.6. The molecule has 7 nitrogen and oxygen atoms in total. The number of nitrogens with zero attached hydrogens (tertiary/aromatic N) is 2. The van der Waals surface area contributed by atoms with Crippen molar-refractivity contribution in [3.05, 3.63) is 18.2 Å². The number of carbonyl (C=O) groups is 2. The van der Waals surface area contributed by atoms with Gasteiger partial charge in [0.1, 0.15) is 6.04 Å². The summed E-state index contributed by atoms with van der Waals surface area (Å²) < 4.78 is 0. The molecule has 2 heterocycles. The third-order valence-corrected chi connectivity index (χ3v) is 3.12. The Bertz CT molecular complexity index is 432. The highest BCUT2D eigenvalue weighted by Crippen LogP contribution is 2.18. The highest BCUT2D eigenvalue weighted by Gasteiger charge is 2.36. The van der Waals surface area contributed by atoms with E-state index in [1.165, 1.54) is 11.2 Å². The molecule has 18 heavy (non-hydrogen) atoms. The lowest BCUT2D eigenvalue weighted by atomic mass is 10.1. The zero-order valence-electron chi connectivity index (χ0n) is 9.87. The predicted molar refractivity (Wildman–Crippen MR) is 62.6 cm³/mol. The maximum absolute atomic E-state index is 12.1. The van der Waals surface area contributed by atoms with Gasteiger partial charge in [-0.15, -0.1) is 0 Å². The van der Waals surface area contributed by atoms with Crippen LogP contribution in [0.15, 0.2) is 12.5 Å². The second kappa shape index (κ2) is 5.18. The number of amides is 1. The molecule has 1 aliphatic rings. The van der Waals surface area contributed by atoms with Crippen LogP contribution in [-0.4, -0.2) is 50.5 Å². The van der Waals surface area contributed by atoms with Gasteiger partial charge >= 0.3 is 5.97 Å². The summed E-state index contributed by atoms with van der Waals surface area (Å²) in [6.45, 7) is 0.462. The van der Waals surface area contributed by atoms with Gasteiger partial charge < -0.3 is 20.7 Å². The van der Waals surface area contributed by atoms with Crippen LogP contribution in [0.1, 0.15) is 18.5 Å². The fourth-order valence-electron chi connectivity index (χ4n) is 2.22. The van der Waals surface area contributed by atoms with Gasteiger partial charge in [0.2, 0.25) is 5.91 Å². The number of hydrogen-bond donors (Lipinski definition) is 3. The summed E-state index contributed by atoms with van der Waals surface area (Å²) in [5, 5.41) is 9.02. The maximum atomic E-state index is 12.1. The monoisotopic (exact) mass is 252 g/mol. The van der Waals surface area contributed by atoms with Crippen molar-refractivity contribution in [1.82, 2.24) is 14.9 Å². The summed E-state index contributed by atoms with van der Waals surface area (Å²) in [7, 11) is 0. The average molecular weight is 252 g/mol. The second-order valence-electron chi connectivity index (χ2n) is 4.40. The van der Waals surface area contributed by atoms with Crippen molar-refractivity contribution >= 4 is 11.9 Å². The number of likely N-dealkylation sites (tertiary alicyclic amines) is 1. The Morgan fingerprint density at radius 1 is 1.67 bits per heavy atom. The van der Waals surface area contributed by atoms with Crippen LogP contribution in [0.25, 0.3) is 0 Å². The third kappa shape index (κ3) is 2.51. The zero-order valence-corrected chi connectivity index (χ0v) is 9.87. The van der Waals surface area contributed by atoms with Crippen molar-refractivity contribution in [3.63, 3.8) is 0 Å². The van der Waals surface area contributed by atoms with Gasteiger partial charge in [0.25, 0.3) is 0 Å². The van der Waals surface area contributed by atoms with Crippen LogP contribution in [0, 0.1) is 0 Å². The predicted octanol–water partition coefficient (Wildman–Crippen LogP) is -0.645. The van der Waals surface area contributed by atoms with Gasteiger partial charge in [-0.1, -0.05) is 0 Å². The highest BCUT2D eigenvalue weighted by molar-refractivity contribution is 5.87.